The smallest absolute Gasteiger partial charge is 0.0588 e. The summed E-state index contributed by atoms with van der Waals surface area (Å²) in [5.74, 6) is 1.34. The minimum Gasteiger partial charge on any atom is -0.385 e. The lowest BCUT2D eigenvalue weighted by molar-refractivity contribution is 0.105. The summed E-state index contributed by atoms with van der Waals surface area (Å²) >= 11 is 0. The number of hydrogen-bond donors (Lipinski definition) is 2. The fraction of sp³-hybridized carbons (Fsp3) is 0.625. The predicted octanol–water partition coefficient (Wildman–Crippen LogP) is 2.60. The van der Waals surface area contributed by atoms with Crippen LogP contribution in [0.2, 0.25) is 0 Å². The first-order valence-corrected chi connectivity index (χ1v) is 7.49. The molecule has 0 aliphatic carbocycles. The van der Waals surface area contributed by atoms with E-state index >= 15 is 0 Å². The number of anilines is 1. The van der Waals surface area contributed by atoms with E-state index in [2.05, 4.69) is 41.8 Å². The first-order chi connectivity index (χ1) is 9.34. The molecule has 2 aliphatic rings. The number of benzene rings is 1. The minimum absolute atomic E-state index is 0.424. The van der Waals surface area contributed by atoms with E-state index in [0.717, 1.165) is 26.2 Å². The van der Waals surface area contributed by atoms with Gasteiger partial charge in [0.1, 0.15) is 0 Å². The molecule has 0 bridgehead atoms. The van der Waals surface area contributed by atoms with Crippen LogP contribution in [0.4, 0.5) is 5.69 Å². The van der Waals surface area contributed by atoms with Crippen molar-refractivity contribution in [2.75, 3.05) is 31.6 Å². The highest BCUT2D eigenvalue weighted by Crippen LogP contribution is 2.30. The molecule has 1 fully saturated rings. The Labute approximate surface area is 115 Å². The highest BCUT2D eigenvalue weighted by molar-refractivity contribution is 5.54. The zero-order valence-electron chi connectivity index (χ0n) is 11.7. The molecule has 19 heavy (non-hydrogen) atoms. The Morgan fingerprint density at radius 1 is 1.26 bits per heavy atom. The fourth-order valence-electron chi connectivity index (χ4n) is 3.25. The second-order valence-corrected chi connectivity index (χ2v) is 5.78. The standard InChI is InChI=1S/C16H24N2O/c1-12-13(7-9-19-12)10-17-11-14-6-8-18-16-5-3-2-4-15(14)16/h2-5,12-14,17-18H,6-11H2,1H3. The Kier molecular flexibility index (Phi) is 4.04. The van der Waals surface area contributed by atoms with Crippen LogP contribution < -0.4 is 10.6 Å². The molecule has 3 heteroatoms. The molecule has 0 spiro atoms. The fourth-order valence-corrected chi connectivity index (χ4v) is 3.25. The van der Waals surface area contributed by atoms with Gasteiger partial charge in [-0.3, -0.25) is 0 Å². The van der Waals surface area contributed by atoms with E-state index in [1.165, 1.54) is 24.1 Å². The average Bonchev–Trinajstić information content (AvgIpc) is 2.85. The first-order valence-electron chi connectivity index (χ1n) is 7.49. The van der Waals surface area contributed by atoms with Gasteiger partial charge in [-0.15, -0.1) is 0 Å². The summed E-state index contributed by atoms with van der Waals surface area (Å²) in [4.78, 5) is 0. The molecule has 3 unspecified atom stereocenters. The van der Waals surface area contributed by atoms with E-state index in [4.69, 9.17) is 4.74 Å². The summed E-state index contributed by atoms with van der Waals surface area (Å²) in [6.45, 7) is 6.39. The van der Waals surface area contributed by atoms with E-state index in [1.807, 2.05) is 0 Å². The van der Waals surface area contributed by atoms with Crippen molar-refractivity contribution in [3.8, 4) is 0 Å². The van der Waals surface area contributed by atoms with Crippen LogP contribution in [-0.4, -0.2) is 32.3 Å². The number of nitrogens with one attached hydrogen (secondary N) is 2. The number of fused-ring (bicyclic) bond motifs is 1. The van der Waals surface area contributed by atoms with Gasteiger partial charge >= 0.3 is 0 Å². The summed E-state index contributed by atoms with van der Waals surface area (Å²) in [7, 11) is 0. The van der Waals surface area contributed by atoms with Crippen LogP contribution in [0.3, 0.4) is 0 Å². The summed E-state index contributed by atoms with van der Waals surface area (Å²) in [6, 6.07) is 8.70. The highest BCUT2D eigenvalue weighted by Gasteiger charge is 2.24. The van der Waals surface area contributed by atoms with Crippen molar-refractivity contribution < 1.29 is 4.74 Å². The lowest BCUT2D eigenvalue weighted by atomic mass is 9.90. The minimum atomic E-state index is 0.424. The molecule has 3 atom stereocenters. The third kappa shape index (κ3) is 2.93. The molecule has 104 valence electrons. The molecule has 2 N–H and O–H groups in total. The Morgan fingerprint density at radius 3 is 3.00 bits per heavy atom. The van der Waals surface area contributed by atoms with Gasteiger partial charge in [-0.1, -0.05) is 18.2 Å². The van der Waals surface area contributed by atoms with Crippen molar-refractivity contribution in [2.24, 2.45) is 5.92 Å². The molecular formula is C16H24N2O. The van der Waals surface area contributed by atoms with Crippen LogP contribution in [0.25, 0.3) is 0 Å². The van der Waals surface area contributed by atoms with Crippen molar-refractivity contribution in [3.05, 3.63) is 29.8 Å². The van der Waals surface area contributed by atoms with E-state index < -0.39 is 0 Å². The molecule has 1 saturated heterocycles. The van der Waals surface area contributed by atoms with Gasteiger partial charge in [0.05, 0.1) is 6.10 Å². The number of ether oxygens (including phenoxy) is 1. The Balaban J connectivity index is 1.53. The van der Waals surface area contributed by atoms with Crippen LogP contribution in [0.15, 0.2) is 24.3 Å². The Morgan fingerprint density at radius 2 is 2.16 bits per heavy atom. The van der Waals surface area contributed by atoms with Crippen LogP contribution in [0.5, 0.6) is 0 Å². The van der Waals surface area contributed by atoms with Gasteiger partial charge in [0.15, 0.2) is 0 Å². The maximum atomic E-state index is 5.61. The highest BCUT2D eigenvalue weighted by atomic mass is 16.5. The third-order valence-electron chi connectivity index (χ3n) is 4.54. The van der Waals surface area contributed by atoms with Gasteiger partial charge in [0.2, 0.25) is 0 Å². The lowest BCUT2D eigenvalue weighted by Crippen LogP contribution is -2.32. The summed E-state index contributed by atoms with van der Waals surface area (Å²) in [6.07, 6.45) is 2.85. The predicted molar refractivity (Wildman–Crippen MR) is 78.7 cm³/mol. The molecule has 3 nitrogen and oxygen atoms in total. The third-order valence-corrected chi connectivity index (χ3v) is 4.54. The quantitative estimate of drug-likeness (QED) is 0.873. The van der Waals surface area contributed by atoms with Crippen molar-refractivity contribution in [3.63, 3.8) is 0 Å². The van der Waals surface area contributed by atoms with Gasteiger partial charge < -0.3 is 15.4 Å². The normalized spacial score (nSPS) is 29.8. The van der Waals surface area contributed by atoms with Crippen molar-refractivity contribution >= 4 is 5.69 Å². The van der Waals surface area contributed by atoms with Gasteiger partial charge in [0, 0.05) is 37.8 Å². The number of hydrogen-bond acceptors (Lipinski definition) is 3. The first kappa shape index (κ1) is 12.9. The van der Waals surface area contributed by atoms with E-state index in [9.17, 15) is 0 Å². The number of rotatable bonds is 4. The second kappa shape index (κ2) is 5.93. The zero-order chi connectivity index (χ0) is 13.1. The average molecular weight is 260 g/mol. The summed E-state index contributed by atoms with van der Waals surface area (Å²) in [5.41, 5.74) is 2.79. The van der Waals surface area contributed by atoms with Crippen LogP contribution >= 0.6 is 0 Å². The number of para-hydroxylation sites is 1. The molecule has 2 aliphatic heterocycles. The van der Waals surface area contributed by atoms with E-state index in [1.54, 1.807) is 0 Å². The lowest BCUT2D eigenvalue weighted by Gasteiger charge is -2.27. The zero-order valence-corrected chi connectivity index (χ0v) is 11.7. The molecule has 2 heterocycles. The van der Waals surface area contributed by atoms with Crippen molar-refractivity contribution in [2.45, 2.75) is 31.8 Å². The molecule has 1 aromatic carbocycles. The van der Waals surface area contributed by atoms with Gasteiger partial charge in [0.25, 0.3) is 0 Å². The Hall–Kier alpha value is -1.06. The molecule has 0 aromatic heterocycles. The maximum Gasteiger partial charge on any atom is 0.0588 e. The second-order valence-electron chi connectivity index (χ2n) is 5.78. The van der Waals surface area contributed by atoms with E-state index in [-0.39, 0.29) is 0 Å². The summed E-state index contributed by atoms with van der Waals surface area (Å²) < 4.78 is 5.61. The summed E-state index contributed by atoms with van der Waals surface area (Å²) in [5, 5.41) is 7.14. The maximum absolute atomic E-state index is 5.61. The van der Waals surface area contributed by atoms with Crippen molar-refractivity contribution in [1.29, 1.82) is 0 Å². The molecule has 0 saturated carbocycles. The molecular weight excluding hydrogens is 236 g/mol. The monoisotopic (exact) mass is 260 g/mol. The van der Waals surface area contributed by atoms with Gasteiger partial charge in [-0.05, 0) is 37.3 Å². The van der Waals surface area contributed by atoms with Gasteiger partial charge in [-0.25, -0.2) is 0 Å². The SMILES string of the molecule is CC1OCCC1CNCC1CCNc2ccccc21. The molecule has 0 amide bonds. The molecule has 0 radical (unpaired) electrons. The topological polar surface area (TPSA) is 33.3 Å². The van der Waals surface area contributed by atoms with Gasteiger partial charge in [-0.2, -0.15) is 0 Å². The largest absolute Gasteiger partial charge is 0.385 e. The van der Waals surface area contributed by atoms with Crippen LogP contribution in [-0.2, 0) is 4.74 Å². The van der Waals surface area contributed by atoms with Crippen molar-refractivity contribution in [1.82, 2.24) is 5.32 Å². The molecule has 1 aromatic rings. The van der Waals surface area contributed by atoms with E-state index in [0.29, 0.717) is 17.9 Å². The van der Waals surface area contributed by atoms with Crippen LogP contribution in [0.1, 0.15) is 31.2 Å². The Bertz CT molecular complexity index is 421. The van der Waals surface area contributed by atoms with Crippen LogP contribution in [0, 0.1) is 5.92 Å². The molecule has 3 rings (SSSR count).